The molecule has 35 heavy (non-hydrogen) atoms. The number of nitrogens with zero attached hydrogens (tertiary/aromatic N) is 6. The minimum atomic E-state index is 0.0367. The van der Waals surface area contributed by atoms with E-state index in [2.05, 4.69) is 38.5 Å². The fourth-order valence-corrected chi connectivity index (χ4v) is 4.81. The number of hydrogen-bond acceptors (Lipinski definition) is 8. The zero-order chi connectivity index (χ0) is 23.9. The van der Waals surface area contributed by atoms with Crippen molar-refractivity contribution >= 4 is 39.6 Å². The summed E-state index contributed by atoms with van der Waals surface area (Å²) in [6, 6.07) is 5.93. The number of hydrogen-bond donors (Lipinski definition) is 2. The Bertz CT molecular complexity index is 1410. The van der Waals surface area contributed by atoms with Crippen molar-refractivity contribution in [3.8, 4) is 11.4 Å². The van der Waals surface area contributed by atoms with Crippen LogP contribution in [0.15, 0.2) is 36.8 Å². The van der Waals surface area contributed by atoms with Gasteiger partial charge in [-0.25, -0.2) is 19.5 Å². The number of carbonyl (C=O) groups excluding carboxylic acids is 1. The molecule has 2 N–H and O–H groups in total. The Hall–Kier alpha value is -3.79. The van der Waals surface area contributed by atoms with Gasteiger partial charge in [-0.15, -0.1) is 5.10 Å². The van der Waals surface area contributed by atoms with Crippen LogP contribution in [0.4, 0.5) is 17.3 Å². The third-order valence-electron chi connectivity index (χ3n) is 6.98. The molecular weight excluding hydrogens is 444 g/mol. The van der Waals surface area contributed by atoms with Gasteiger partial charge in [0.25, 0.3) is 0 Å². The van der Waals surface area contributed by atoms with Crippen LogP contribution in [0.5, 0.6) is 0 Å². The number of rotatable bonds is 6. The minimum Gasteiger partial charge on any atom is -0.378 e. The molecule has 1 amide bonds. The molecule has 0 spiro atoms. The van der Waals surface area contributed by atoms with Gasteiger partial charge in [-0.1, -0.05) is 13.3 Å². The van der Waals surface area contributed by atoms with Gasteiger partial charge in [0.1, 0.15) is 11.6 Å². The highest BCUT2D eigenvalue weighted by Gasteiger charge is 2.41. The summed E-state index contributed by atoms with van der Waals surface area (Å²) in [4.78, 5) is 28.7. The zero-order valence-electron chi connectivity index (χ0n) is 19.9. The van der Waals surface area contributed by atoms with Gasteiger partial charge in [0.15, 0.2) is 11.5 Å². The number of amides is 1. The number of morpholine rings is 1. The van der Waals surface area contributed by atoms with E-state index >= 15 is 0 Å². The normalized spacial score (nSPS) is 19.8. The number of ether oxygens (including phenoxy) is 1. The Morgan fingerprint density at radius 2 is 2.03 bits per heavy atom. The van der Waals surface area contributed by atoms with Crippen LogP contribution in [-0.4, -0.2) is 63.8 Å². The highest BCUT2D eigenvalue weighted by molar-refractivity contribution is 6.03. The minimum absolute atomic E-state index is 0.0367. The van der Waals surface area contributed by atoms with E-state index in [9.17, 15) is 4.79 Å². The van der Waals surface area contributed by atoms with Crippen molar-refractivity contribution in [2.24, 2.45) is 11.8 Å². The first-order valence-corrected chi connectivity index (χ1v) is 12.1. The number of anilines is 3. The van der Waals surface area contributed by atoms with Gasteiger partial charge in [0.05, 0.1) is 25.1 Å². The molecule has 2 aliphatic rings. The molecule has 2 fully saturated rings. The number of carbonyl (C=O) groups is 1. The maximum Gasteiger partial charge on any atom is 0.228 e. The Morgan fingerprint density at radius 1 is 1.17 bits per heavy atom. The second-order valence-electron chi connectivity index (χ2n) is 9.11. The summed E-state index contributed by atoms with van der Waals surface area (Å²) >= 11 is 0. The van der Waals surface area contributed by atoms with Crippen molar-refractivity contribution in [3.05, 3.63) is 36.8 Å². The summed E-state index contributed by atoms with van der Waals surface area (Å²) in [7, 11) is 1.82. The average Bonchev–Trinajstić information content (AvgIpc) is 3.58. The lowest BCUT2D eigenvalue weighted by atomic mass is 10.1. The van der Waals surface area contributed by atoms with Crippen molar-refractivity contribution in [3.63, 3.8) is 0 Å². The molecule has 2 atom stereocenters. The summed E-state index contributed by atoms with van der Waals surface area (Å²) < 4.78 is 7.28. The van der Waals surface area contributed by atoms with E-state index in [0.717, 1.165) is 66.8 Å². The van der Waals surface area contributed by atoms with E-state index in [1.807, 2.05) is 25.4 Å². The van der Waals surface area contributed by atoms with E-state index < -0.39 is 0 Å². The van der Waals surface area contributed by atoms with Crippen LogP contribution < -0.4 is 15.5 Å². The van der Waals surface area contributed by atoms with Gasteiger partial charge in [0.2, 0.25) is 5.91 Å². The first-order chi connectivity index (χ1) is 17.1. The van der Waals surface area contributed by atoms with Crippen LogP contribution in [0.1, 0.15) is 19.8 Å². The molecule has 0 aromatic carbocycles. The highest BCUT2D eigenvalue weighted by Crippen LogP contribution is 2.41. The zero-order valence-corrected chi connectivity index (χ0v) is 19.9. The molecule has 6 rings (SSSR count). The van der Waals surface area contributed by atoms with Gasteiger partial charge in [-0.2, -0.15) is 0 Å². The predicted molar refractivity (Wildman–Crippen MR) is 135 cm³/mol. The fraction of sp³-hybridized carbons (Fsp3) is 0.400. The molecule has 10 nitrogen and oxygen atoms in total. The number of fused-ring (bicyclic) bond motifs is 2. The number of nitrogens with one attached hydrogen (secondary N) is 2. The van der Waals surface area contributed by atoms with Crippen molar-refractivity contribution in [1.29, 1.82) is 0 Å². The van der Waals surface area contributed by atoms with Gasteiger partial charge < -0.3 is 20.3 Å². The molecule has 180 valence electrons. The quantitative estimate of drug-likeness (QED) is 0.440. The second-order valence-corrected chi connectivity index (χ2v) is 9.11. The monoisotopic (exact) mass is 472 g/mol. The lowest BCUT2D eigenvalue weighted by Gasteiger charge is -2.28. The van der Waals surface area contributed by atoms with Gasteiger partial charge in [0, 0.05) is 54.8 Å². The van der Waals surface area contributed by atoms with E-state index in [4.69, 9.17) is 14.8 Å². The lowest BCUT2D eigenvalue weighted by molar-refractivity contribution is -0.117. The van der Waals surface area contributed by atoms with Crippen molar-refractivity contribution in [2.75, 3.05) is 48.9 Å². The Balaban J connectivity index is 1.37. The SMILES string of the molecule is CC[C@@H]1C[C@H]1C(=O)Nc1cc2c(-c3nc4ccc(N5CCOCC5)cn4n3)cnc(NC)c2cn1. The molecule has 0 unspecified atom stereocenters. The van der Waals surface area contributed by atoms with Crippen LogP contribution >= 0.6 is 0 Å². The molecule has 1 aliphatic carbocycles. The average molecular weight is 473 g/mol. The summed E-state index contributed by atoms with van der Waals surface area (Å²) in [5.41, 5.74) is 2.63. The summed E-state index contributed by atoms with van der Waals surface area (Å²) in [5, 5.41) is 12.6. The molecular formula is C25H28N8O2. The van der Waals surface area contributed by atoms with Gasteiger partial charge in [-0.05, 0) is 30.5 Å². The van der Waals surface area contributed by atoms with E-state index in [1.165, 1.54) is 0 Å². The Kier molecular flexibility index (Phi) is 5.44. The third-order valence-corrected chi connectivity index (χ3v) is 6.98. The molecule has 4 aromatic heterocycles. The van der Waals surface area contributed by atoms with E-state index in [1.54, 1.807) is 16.9 Å². The van der Waals surface area contributed by atoms with Crippen LogP contribution in [-0.2, 0) is 9.53 Å². The topological polar surface area (TPSA) is 110 Å². The molecule has 10 heteroatoms. The molecule has 1 saturated carbocycles. The smallest absolute Gasteiger partial charge is 0.228 e. The van der Waals surface area contributed by atoms with Gasteiger partial charge in [-0.3, -0.25) is 4.79 Å². The molecule has 4 aromatic rings. The van der Waals surface area contributed by atoms with Crippen LogP contribution in [0.2, 0.25) is 0 Å². The largest absolute Gasteiger partial charge is 0.378 e. The Morgan fingerprint density at radius 3 is 2.80 bits per heavy atom. The molecule has 0 radical (unpaired) electrons. The molecule has 5 heterocycles. The maximum atomic E-state index is 12.6. The van der Waals surface area contributed by atoms with Crippen LogP contribution in [0, 0.1) is 11.8 Å². The van der Waals surface area contributed by atoms with Crippen LogP contribution in [0.3, 0.4) is 0 Å². The van der Waals surface area contributed by atoms with Crippen molar-refractivity contribution in [1.82, 2.24) is 24.6 Å². The van der Waals surface area contributed by atoms with E-state index in [-0.39, 0.29) is 11.8 Å². The van der Waals surface area contributed by atoms with Gasteiger partial charge >= 0.3 is 0 Å². The summed E-state index contributed by atoms with van der Waals surface area (Å²) in [6.07, 6.45) is 7.49. The third kappa shape index (κ3) is 4.03. The first-order valence-electron chi connectivity index (χ1n) is 12.1. The predicted octanol–water partition coefficient (Wildman–Crippen LogP) is 3.20. The molecule has 0 bridgehead atoms. The van der Waals surface area contributed by atoms with Crippen LogP contribution in [0.25, 0.3) is 27.8 Å². The molecule has 1 aliphatic heterocycles. The maximum absolute atomic E-state index is 12.6. The molecule has 1 saturated heterocycles. The Labute approximate surface area is 202 Å². The van der Waals surface area contributed by atoms with E-state index in [0.29, 0.717) is 23.4 Å². The lowest BCUT2D eigenvalue weighted by Crippen LogP contribution is -2.36. The van der Waals surface area contributed by atoms with Crippen molar-refractivity contribution < 1.29 is 9.53 Å². The first kappa shape index (κ1) is 21.7. The standard InChI is InChI=1S/C25H28N8O2/c1-3-15-10-17(15)25(34)29-21-11-18-19(12-27-21)23(26-2)28-13-20(18)24-30-22-5-4-16(14-33(22)31-24)32-6-8-35-9-7-32/h4-5,11-15,17H,3,6-10H2,1-2H3,(H,26,28)(H,27,29,34)/t15-,17-/m1/s1. The second kappa shape index (κ2) is 8.77. The summed E-state index contributed by atoms with van der Waals surface area (Å²) in [5.74, 6) is 2.41. The summed E-state index contributed by atoms with van der Waals surface area (Å²) in [6.45, 7) is 5.28. The number of pyridine rings is 3. The number of aromatic nitrogens is 5. The fourth-order valence-electron chi connectivity index (χ4n) is 4.81. The highest BCUT2D eigenvalue weighted by atomic mass is 16.5. The van der Waals surface area contributed by atoms with Crippen molar-refractivity contribution in [2.45, 2.75) is 19.8 Å².